The number of hydrogen-bond donors (Lipinski definition) is 2. The molecule has 0 spiro atoms. The van der Waals surface area contributed by atoms with Crippen LogP contribution in [0, 0.1) is 0 Å². The second-order valence-corrected chi connectivity index (χ2v) is 2.70. The van der Waals surface area contributed by atoms with Gasteiger partial charge in [-0.05, 0) is 13.3 Å². The van der Waals surface area contributed by atoms with E-state index >= 15 is 0 Å². The molecule has 62 valence electrons. The third-order valence-corrected chi connectivity index (χ3v) is 1.79. The summed E-state index contributed by atoms with van der Waals surface area (Å²) < 4.78 is 0. The molecule has 1 saturated heterocycles. The molecule has 0 aromatic heterocycles. The van der Waals surface area contributed by atoms with E-state index in [1.165, 1.54) is 0 Å². The van der Waals surface area contributed by atoms with Crippen molar-refractivity contribution < 1.29 is 9.59 Å². The van der Waals surface area contributed by atoms with Crippen LogP contribution >= 0.6 is 0 Å². The maximum Gasteiger partial charge on any atom is 0.243 e. The molecule has 4 heteroatoms. The summed E-state index contributed by atoms with van der Waals surface area (Å²) >= 11 is 0. The lowest BCUT2D eigenvalue weighted by Gasteiger charge is -2.26. The predicted molar refractivity (Wildman–Crippen MR) is 39.8 cm³/mol. The Kier molecular flexibility index (Phi) is 2.12. The Morgan fingerprint density at radius 1 is 1.27 bits per heavy atom. The van der Waals surface area contributed by atoms with Gasteiger partial charge in [-0.2, -0.15) is 0 Å². The lowest BCUT2D eigenvalue weighted by molar-refractivity contribution is -0.136. The van der Waals surface area contributed by atoms with Crippen molar-refractivity contribution in [3.63, 3.8) is 0 Å². The van der Waals surface area contributed by atoms with Crippen LogP contribution in [-0.4, -0.2) is 23.9 Å². The zero-order valence-corrected chi connectivity index (χ0v) is 6.68. The van der Waals surface area contributed by atoms with E-state index in [4.69, 9.17) is 0 Å². The van der Waals surface area contributed by atoms with Crippen LogP contribution in [0.25, 0.3) is 0 Å². The fourth-order valence-corrected chi connectivity index (χ4v) is 1.03. The molecule has 0 aliphatic carbocycles. The van der Waals surface area contributed by atoms with E-state index in [1.54, 1.807) is 6.92 Å². The predicted octanol–water partition coefficient (Wildman–Crippen LogP) is -0.601. The largest absolute Gasteiger partial charge is 0.343 e. The zero-order chi connectivity index (χ0) is 8.43. The van der Waals surface area contributed by atoms with E-state index in [2.05, 4.69) is 10.6 Å². The molecule has 1 unspecified atom stereocenters. The maximum absolute atomic E-state index is 11.1. The lowest BCUT2D eigenvalue weighted by atomic mass is 10.1. The molecule has 2 N–H and O–H groups in total. The van der Waals surface area contributed by atoms with Gasteiger partial charge in [0.2, 0.25) is 11.8 Å². The van der Waals surface area contributed by atoms with Gasteiger partial charge in [0.1, 0.15) is 12.1 Å². The number of hydrogen-bond acceptors (Lipinski definition) is 2. The molecule has 2 atom stereocenters. The van der Waals surface area contributed by atoms with Crippen LogP contribution in [0.2, 0.25) is 0 Å². The molecule has 2 amide bonds. The first kappa shape index (κ1) is 8.04. The smallest absolute Gasteiger partial charge is 0.243 e. The summed E-state index contributed by atoms with van der Waals surface area (Å²) in [4.78, 5) is 22.0. The van der Waals surface area contributed by atoms with Crippen molar-refractivity contribution in [1.82, 2.24) is 10.6 Å². The van der Waals surface area contributed by atoms with Gasteiger partial charge >= 0.3 is 0 Å². The standard InChI is InChI=1S/C7H12N2O2/c1-3-5-7(11)8-4(2)6(10)9-5/h4-5H,3H2,1-2H3,(H,8,11)(H,9,10)/t4-,5?/m1/s1. The molecule has 1 fully saturated rings. The lowest BCUT2D eigenvalue weighted by Crippen LogP contribution is -2.60. The van der Waals surface area contributed by atoms with Gasteiger partial charge in [0, 0.05) is 0 Å². The van der Waals surface area contributed by atoms with Crippen LogP contribution < -0.4 is 10.6 Å². The molecule has 11 heavy (non-hydrogen) atoms. The van der Waals surface area contributed by atoms with Gasteiger partial charge < -0.3 is 10.6 Å². The molecular weight excluding hydrogens is 144 g/mol. The Morgan fingerprint density at radius 2 is 1.91 bits per heavy atom. The average molecular weight is 156 g/mol. The molecule has 1 rings (SSSR count). The number of amides is 2. The Morgan fingerprint density at radius 3 is 2.45 bits per heavy atom. The van der Waals surface area contributed by atoms with Gasteiger partial charge in [-0.1, -0.05) is 6.92 Å². The number of rotatable bonds is 1. The molecule has 0 radical (unpaired) electrons. The highest BCUT2D eigenvalue weighted by Crippen LogP contribution is 1.99. The zero-order valence-electron chi connectivity index (χ0n) is 6.68. The summed E-state index contributed by atoms with van der Waals surface area (Å²) in [5.74, 6) is -0.184. The van der Waals surface area contributed by atoms with Gasteiger partial charge in [-0.15, -0.1) is 0 Å². The minimum Gasteiger partial charge on any atom is -0.343 e. The van der Waals surface area contributed by atoms with E-state index in [0.717, 1.165) is 0 Å². The van der Waals surface area contributed by atoms with Gasteiger partial charge in [0.15, 0.2) is 0 Å². The molecule has 0 saturated carbocycles. The molecular formula is C7H12N2O2. The van der Waals surface area contributed by atoms with E-state index < -0.39 is 0 Å². The van der Waals surface area contributed by atoms with Crippen LogP contribution in [0.1, 0.15) is 20.3 Å². The highest BCUT2D eigenvalue weighted by atomic mass is 16.2. The molecule has 4 nitrogen and oxygen atoms in total. The maximum atomic E-state index is 11.1. The number of carbonyl (C=O) groups excluding carboxylic acids is 2. The molecule has 1 aliphatic heterocycles. The van der Waals surface area contributed by atoms with Crippen molar-refractivity contribution >= 4 is 11.8 Å². The third-order valence-electron chi connectivity index (χ3n) is 1.79. The molecule has 0 aromatic rings. The Hall–Kier alpha value is -1.06. The normalized spacial score (nSPS) is 31.1. The van der Waals surface area contributed by atoms with Gasteiger partial charge in [-0.3, -0.25) is 9.59 Å². The fourth-order valence-electron chi connectivity index (χ4n) is 1.03. The van der Waals surface area contributed by atoms with Crippen molar-refractivity contribution in [2.24, 2.45) is 0 Å². The Balaban J connectivity index is 2.62. The molecule has 0 bridgehead atoms. The van der Waals surface area contributed by atoms with Gasteiger partial charge in [-0.25, -0.2) is 0 Å². The van der Waals surface area contributed by atoms with Crippen molar-refractivity contribution in [2.75, 3.05) is 0 Å². The minimum absolute atomic E-state index is 0.0837. The van der Waals surface area contributed by atoms with Gasteiger partial charge in [0.05, 0.1) is 0 Å². The molecule has 1 heterocycles. The summed E-state index contributed by atoms with van der Waals surface area (Å²) in [7, 11) is 0. The quantitative estimate of drug-likeness (QED) is 0.532. The number of piperazine rings is 1. The first-order valence-corrected chi connectivity index (χ1v) is 3.76. The van der Waals surface area contributed by atoms with E-state index in [-0.39, 0.29) is 23.9 Å². The third kappa shape index (κ3) is 1.50. The second-order valence-electron chi connectivity index (χ2n) is 2.70. The summed E-state index contributed by atoms with van der Waals surface area (Å²) in [6.07, 6.45) is 0.643. The van der Waals surface area contributed by atoms with Crippen LogP contribution in [0.15, 0.2) is 0 Å². The Labute approximate surface area is 65.3 Å². The summed E-state index contributed by atoms with van der Waals surface area (Å²) in [6.45, 7) is 3.53. The van der Waals surface area contributed by atoms with Crippen molar-refractivity contribution in [2.45, 2.75) is 32.4 Å². The highest BCUT2D eigenvalue weighted by Gasteiger charge is 2.29. The van der Waals surface area contributed by atoms with Crippen LogP contribution in [0.4, 0.5) is 0 Å². The molecule has 1 aliphatic rings. The molecule has 0 aromatic carbocycles. The first-order valence-electron chi connectivity index (χ1n) is 3.76. The summed E-state index contributed by atoms with van der Waals surface area (Å²) in [5, 5.41) is 5.19. The monoisotopic (exact) mass is 156 g/mol. The topological polar surface area (TPSA) is 58.2 Å². The van der Waals surface area contributed by atoms with Crippen molar-refractivity contribution in [1.29, 1.82) is 0 Å². The second kappa shape index (κ2) is 2.90. The number of nitrogens with one attached hydrogen (secondary N) is 2. The fraction of sp³-hybridized carbons (Fsp3) is 0.714. The van der Waals surface area contributed by atoms with E-state index in [0.29, 0.717) is 6.42 Å². The summed E-state index contributed by atoms with van der Waals surface area (Å²) in [6, 6.07) is -0.719. The van der Waals surface area contributed by atoms with Crippen molar-refractivity contribution in [3.05, 3.63) is 0 Å². The Bertz CT molecular complexity index is 191. The van der Waals surface area contributed by atoms with Crippen LogP contribution in [-0.2, 0) is 9.59 Å². The first-order chi connectivity index (χ1) is 5.15. The number of carbonyl (C=O) groups is 2. The van der Waals surface area contributed by atoms with Gasteiger partial charge in [0.25, 0.3) is 0 Å². The SMILES string of the molecule is CCC1NC(=O)[C@@H](C)NC1=O. The average Bonchev–Trinajstić information content (AvgIpc) is 1.97. The van der Waals surface area contributed by atoms with Crippen LogP contribution in [0.5, 0.6) is 0 Å². The van der Waals surface area contributed by atoms with E-state index in [9.17, 15) is 9.59 Å². The minimum atomic E-state index is -0.384. The van der Waals surface area contributed by atoms with Crippen molar-refractivity contribution in [3.8, 4) is 0 Å². The highest BCUT2D eigenvalue weighted by molar-refractivity contribution is 5.96. The van der Waals surface area contributed by atoms with Crippen LogP contribution in [0.3, 0.4) is 0 Å². The summed E-state index contributed by atoms with van der Waals surface area (Å²) in [5.41, 5.74) is 0. The van der Waals surface area contributed by atoms with E-state index in [1.807, 2.05) is 6.92 Å².